The Kier molecular flexibility index (Phi) is 19.8. The Bertz CT molecular complexity index is 974. The molecule has 2 nitrogen and oxygen atoms in total. The Balaban J connectivity index is 1.39. The van der Waals surface area contributed by atoms with Gasteiger partial charge in [-0.25, -0.2) is 0 Å². The summed E-state index contributed by atoms with van der Waals surface area (Å²) in [5, 5.41) is 4.70. The fourth-order valence-electron chi connectivity index (χ4n) is 6.59. The minimum absolute atomic E-state index is 0.782. The topological polar surface area (TPSA) is 18.5 Å². The summed E-state index contributed by atoms with van der Waals surface area (Å²) in [6, 6.07) is 17.3. The van der Waals surface area contributed by atoms with Crippen LogP contribution in [0, 0.1) is 0 Å². The van der Waals surface area contributed by atoms with Crippen LogP contribution in [0.25, 0.3) is 21.5 Å². The molecular formula is C42H66O2. The zero-order valence-corrected chi connectivity index (χ0v) is 28.8. The molecule has 0 unspecified atom stereocenters. The number of benzene rings is 3. The summed E-state index contributed by atoms with van der Waals surface area (Å²) >= 11 is 0. The van der Waals surface area contributed by atoms with E-state index in [1.807, 2.05) is 0 Å². The second-order valence-electron chi connectivity index (χ2n) is 13.2. The van der Waals surface area contributed by atoms with Gasteiger partial charge in [-0.05, 0) is 12.8 Å². The first kappa shape index (κ1) is 36.3. The third-order valence-electron chi connectivity index (χ3n) is 9.32. The van der Waals surface area contributed by atoms with E-state index >= 15 is 0 Å². The minimum atomic E-state index is 0.782. The van der Waals surface area contributed by atoms with Crippen molar-refractivity contribution in [2.45, 2.75) is 168 Å². The summed E-state index contributed by atoms with van der Waals surface area (Å²) in [7, 11) is 0. The summed E-state index contributed by atoms with van der Waals surface area (Å²) in [5.74, 6) is 2.05. The number of unbranched alkanes of at least 4 members (excludes halogenated alkanes) is 22. The normalized spacial score (nSPS) is 11.5. The number of fused-ring (bicyclic) bond motifs is 2. The van der Waals surface area contributed by atoms with Crippen molar-refractivity contribution in [2.24, 2.45) is 0 Å². The molecule has 0 aromatic heterocycles. The minimum Gasteiger partial charge on any atom is -0.492 e. The van der Waals surface area contributed by atoms with Gasteiger partial charge in [0.25, 0.3) is 0 Å². The van der Waals surface area contributed by atoms with Gasteiger partial charge in [0.05, 0.1) is 13.2 Å². The fraction of sp³-hybridized carbons (Fsp3) is 0.667. The average Bonchev–Trinajstić information content (AvgIpc) is 3.05. The van der Waals surface area contributed by atoms with Crippen LogP contribution in [-0.4, -0.2) is 13.2 Å². The molecule has 0 spiro atoms. The highest BCUT2D eigenvalue weighted by molar-refractivity contribution is 6.11. The van der Waals surface area contributed by atoms with E-state index in [9.17, 15) is 0 Å². The highest BCUT2D eigenvalue weighted by atomic mass is 16.5. The third-order valence-corrected chi connectivity index (χ3v) is 9.32. The van der Waals surface area contributed by atoms with E-state index in [4.69, 9.17) is 9.47 Å². The Morgan fingerprint density at radius 3 is 0.795 bits per heavy atom. The molecule has 2 heteroatoms. The van der Waals surface area contributed by atoms with E-state index in [0.717, 1.165) is 37.6 Å². The molecule has 0 radical (unpaired) electrons. The average molecular weight is 603 g/mol. The summed E-state index contributed by atoms with van der Waals surface area (Å²) in [5.41, 5.74) is 0. The van der Waals surface area contributed by atoms with Gasteiger partial charge in [0.1, 0.15) is 11.5 Å². The van der Waals surface area contributed by atoms with E-state index in [1.165, 1.54) is 163 Å². The van der Waals surface area contributed by atoms with Crippen LogP contribution in [0.2, 0.25) is 0 Å². The predicted molar refractivity (Wildman–Crippen MR) is 195 cm³/mol. The molecule has 3 aromatic rings. The highest BCUT2D eigenvalue weighted by Crippen LogP contribution is 2.42. The summed E-state index contributed by atoms with van der Waals surface area (Å²) < 4.78 is 13.1. The van der Waals surface area contributed by atoms with Crippen LogP contribution in [0.15, 0.2) is 48.5 Å². The molecule has 0 aliphatic heterocycles. The summed E-state index contributed by atoms with van der Waals surface area (Å²) in [6.45, 7) is 6.15. The van der Waals surface area contributed by atoms with Crippen LogP contribution >= 0.6 is 0 Å². The largest absolute Gasteiger partial charge is 0.492 e. The Hall–Kier alpha value is -2.22. The van der Waals surface area contributed by atoms with Gasteiger partial charge in [0.15, 0.2) is 0 Å². The van der Waals surface area contributed by atoms with Gasteiger partial charge in [-0.1, -0.05) is 204 Å². The van der Waals surface area contributed by atoms with E-state index < -0.39 is 0 Å². The monoisotopic (exact) mass is 603 g/mol. The SMILES string of the molecule is CCCCCCCCCCCCCCOc1c2ccccc2c(OCCCCCCCCCCCCCC)c2ccccc12. The van der Waals surface area contributed by atoms with Gasteiger partial charge >= 0.3 is 0 Å². The number of hydrogen-bond acceptors (Lipinski definition) is 2. The second kappa shape index (κ2) is 24.1. The maximum absolute atomic E-state index is 6.55. The molecule has 0 saturated heterocycles. The maximum Gasteiger partial charge on any atom is 0.135 e. The van der Waals surface area contributed by atoms with Crippen molar-refractivity contribution in [1.82, 2.24) is 0 Å². The number of rotatable bonds is 28. The molecule has 0 aliphatic carbocycles. The van der Waals surface area contributed by atoms with Crippen LogP contribution in [0.3, 0.4) is 0 Å². The first-order valence-electron chi connectivity index (χ1n) is 19.1. The molecule has 246 valence electrons. The van der Waals surface area contributed by atoms with Crippen molar-refractivity contribution >= 4 is 21.5 Å². The zero-order valence-electron chi connectivity index (χ0n) is 28.8. The van der Waals surface area contributed by atoms with Crippen LogP contribution in [0.4, 0.5) is 0 Å². The Morgan fingerprint density at radius 1 is 0.318 bits per heavy atom. The smallest absolute Gasteiger partial charge is 0.135 e. The lowest BCUT2D eigenvalue weighted by molar-refractivity contribution is 0.306. The maximum atomic E-state index is 6.55. The molecule has 0 amide bonds. The lowest BCUT2D eigenvalue weighted by Gasteiger charge is -2.18. The number of hydrogen-bond donors (Lipinski definition) is 0. The molecule has 0 heterocycles. The quantitative estimate of drug-likeness (QED) is 0.0608. The molecule has 0 bridgehead atoms. The van der Waals surface area contributed by atoms with Crippen LogP contribution in [0.1, 0.15) is 168 Å². The van der Waals surface area contributed by atoms with Crippen molar-refractivity contribution in [3.8, 4) is 11.5 Å². The van der Waals surface area contributed by atoms with Crippen molar-refractivity contribution in [3.63, 3.8) is 0 Å². The lowest BCUT2D eigenvalue weighted by Crippen LogP contribution is -2.02. The van der Waals surface area contributed by atoms with E-state index in [1.54, 1.807) is 0 Å². The van der Waals surface area contributed by atoms with E-state index in [2.05, 4.69) is 62.4 Å². The standard InChI is InChI=1S/C42H66O2/c1-3-5-7-9-11-13-15-17-19-21-23-29-35-43-41-37-31-25-27-33-39(37)42(40-34-28-26-32-38(40)41)44-36-30-24-22-20-18-16-14-12-10-8-6-4-2/h25-28,31-34H,3-24,29-30,35-36H2,1-2H3. The first-order chi connectivity index (χ1) is 21.9. The highest BCUT2D eigenvalue weighted by Gasteiger charge is 2.15. The van der Waals surface area contributed by atoms with E-state index in [0.29, 0.717) is 0 Å². The summed E-state index contributed by atoms with van der Waals surface area (Å²) in [4.78, 5) is 0. The third kappa shape index (κ3) is 13.8. The molecule has 0 atom stereocenters. The van der Waals surface area contributed by atoms with Crippen molar-refractivity contribution in [2.75, 3.05) is 13.2 Å². The van der Waals surface area contributed by atoms with Crippen LogP contribution in [0.5, 0.6) is 11.5 Å². The molecule has 44 heavy (non-hydrogen) atoms. The second-order valence-corrected chi connectivity index (χ2v) is 13.2. The number of ether oxygens (including phenoxy) is 2. The van der Waals surface area contributed by atoms with Crippen LogP contribution in [-0.2, 0) is 0 Å². The zero-order chi connectivity index (χ0) is 30.9. The van der Waals surface area contributed by atoms with Gasteiger partial charge in [-0.2, -0.15) is 0 Å². The van der Waals surface area contributed by atoms with Gasteiger partial charge in [0, 0.05) is 21.5 Å². The molecule has 0 N–H and O–H groups in total. The predicted octanol–water partition coefficient (Wildman–Crippen LogP) is 14.2. The lowest BCUT2D eigenvalue weighted by atomic mass is 10.0. The van der Waals surface area contributed by atoms with Gasteiger partial charge in [-0.15, -0.1) is 0 Å². The fourth-order valence-corrected chi connectivity index (χ4v) is 6.59. The van der Waals surface area contributed by atoms with Gasteiger partial charge in [-0.3, -0.25) is 0 Å². The van der Waals surface area contributed by atoms with Gasteiger partial charge < -0.3 is 9.47 Å². The molecule has 0 fully saturated rings. The molecule has 3 aromatic carbocycles. The molecule has 3 rings (SSSR count). The Labute approximate surface area is 271 Å². The molecule has 0 saturated carbocycles. The summed E-state index contributed by atoms with van der Waals surface area (Å²) in [6.07, 6.45) is 32.7. The van der Waals surface area contributed by atoms with Gasteiger partial charge in [0.2, 0.25) is 0 Å². The molecule has 0 aliphatic rings. The van der Waals surface area contributed by atoms with E-state index in [-0.39, 0.29) is 0 Å². The van der Waals surface area contributed by atoms with Crippen molar-refractivity contribution in [3.05, 3.63) is 48.5 Å². The van der Waals surface area contributed by atoms with Crippen molar-refractivity contribution in [1.29, 1.82) is 0 Å². The van der Waals surface area contributed by atoms with Crippen molar-refractivity contribution < 1.29 is 9.47 Å². The molecular weight excluding hydrogens is 536 g/mol. The first-order valence-corrected chi connectivity index (χ1v) is 19.1. The van der Waals surface area contributed by atoms with Crippen LogP contribution < -0.4 is 9.47 Å². The Morgan fingerprint density at radius 2 is 0.545 bits per heavy atom.